The van der Waals surface area contributed by atoms with E-state index in [1.54, 1.807) is 37.3 Å². The molecule has 8 nitrogen and oxygen atoms in total. The minimum absolute atomic E-state index is 0.135. The van der Waals surface area contributed by atoms with Crippen molar-refractivity contribution < 1.29 is 28.5 Å². The molecule has 0 bridgehead atoms. The Morgan fingerprint density at radius 3 is 2.69 bits per heavy atom. The molecule has 3 aromatic carbocycles. The number of carbonyl (C=O) groups is 1. The van der Waals surface area contributed by atoms with Gasteiger partial charge in [-0.1, -0.05) is 23.7 Å². The number of piperidine rings is 1. The van der Waals surface area contributed by atoms with Gasteiger partial charge in [0.25, 0.3) is 5.79 Å². The molecule has 0 saturated carbocycles. The number of benzene rings is 3. The molecule has 4 heterocycles. The summed E-state index contributed by atoms with van der Waals surface area (Å²) in [5, 5.41) is 9.87. The zero-order chi connectivity index (χ0) is 29.0. The third kappa shape index (κ3) is 4.79. The molecule has 2 atom stereocenters. The van der Waals surface area contributed by atoms with E-state index in [0.717, 1.165) is 54.8 Å². The second-order valence-electron chi connectivity index (χ2n) is 11.4. The Labute approximate surface area is 247 Å². The molecule has 4 aromatic rings. The first-order valence-electron chi connectivity index (χ1n) is 14.3. The van der Waals surface area contributed by atoms with E-state index in [4.69, 9.17) is 30.8 Å². The lowest BCUT2D eigenvalue weighted by molar-refractivity contribution is -0.0712. The van der Waals surface area contributed by atoms with Gasteiger partial charge >= 0.3 is 5.97 Å². The van der Waals surface area contributed by atoms with Gasteiger partial charge in [0.1, 0.15) is 11.6 Å². The van der Waals surface area contributed by atoms with E-state index in [1.165, 1.54) is 6.07 Å². The fourth-order valence-corrected chi connectivity index (χ4v) is 6.72. The summed E-state index contributed by atoms with van der Waals surface area (Å²) < 4.78 is 35.2. The van der Waals surface area contributed by atoms with Crippen molar-refractivity contribution in [3.63, 3.8) is 0 Å². The highest BCUT2D eigenvalue weighted by molar-refractivity contribution is 6.30. The molecule has 3 aliphatic heterocycles. The van der Waals surface area contributed by atoms with Crippen molar-refractivity contribution in [1.29, 1.82) is 0 Å². The number of halogens is 2. The zero-order valence-corrected chi connectivity index (χ0v) is 23.9. The molecule has 1 N–H and O–H groups in total. The van der Waals surface area contributed by atoms with Crippen molar-refractivity contribution >= 4 is 28.6 Å². The van der Waals surface area contributed by atoms with E-state index in [2.05, 4.69) is 15.5 Å². The molecule has 2 saturated heterocycles. The Morgan fingerprint density at radius 2 is 1.95 bits per heavy atom. The molecule has 1 aromatic heterocycles. The summed E-state index contributed by atoms with van der Waals surface area (Å²) in [6.45, 7) is 5.40. The lowest BCUT2D eigenvalue weighted by Crippen LogP contribution is -2.34. The van der Waals surface area contributed by atoms with Crippen LogP contribution in [0.15, 0.2) is 54.6 Å². The Bertz CT molecular complexity index is 1680. The quantitative estimate of drug-likeness (QED) is 0.273. The normalized spacial score (nSPS) is 22.7. The van der Waals surface area contributed by atoms with Gasteiger partial charge in [0.2, 0.25) is 0 Å². The van der Waals surface area contributed by atoms with Gasteiger partial charge in [-0.15, -0.1) is 0 Å². The number of carboxylic acid groups (broad SMARTS) is 1. The van der Waals surface area contributed by atoms with Crippen LogP contribution in [0.25, 0.3) is 11.0 Å². The van der Waals surface area contributed by atoms with Crippen molar-refractivity contribution in [3.05, 3.63) is 88.0 Å². The largest absolute Gasteiger partial charge is 0.478 e. The smallest absolute Gasteiger partial charge is 0.335 e. The van der Waals surface area contributed by atoms with Gasteiger partial charge < -0.3 is 23.9 Å². The highest BCUT2D eigenvalue weighted by Gasteiger charge is 2.43. The molecule has 2 fully saturated rings. The maximum absolute atomic E-state index is 14.8. The van der Waals surface area contributed by atoms with E-state index < -0.39 is 17.6 Å². The third-order valence-corrected chi connectivity index (χ3v) is 8.94. The van der Waals surface area contributed by atoms with Crippen LogP contribution >= 0.6 is 11.6 Å². The van der Waals surface area contributed by atoms with E-state index in [-0.39, 0.29) is 17.5 Å². The molecule has 7 rings (SSSR count). The highest BCUT2D eigenvalue weighted by atomic mass is 35.5. The maximum atomic E-state index is 14.8. The average molecular weight is 592 g/mol. The average Bonchev–Trinajstić information content (AvgIpc) is 3.69. The van der Waals surface area contributed by atoms with E-state index in [9.17, 15) is 14.3 Å². The Kier molecular flexibility index (Phi) is 6.84. The summed E-state index contributed by atoms with van der Waals surface area (Å²) in [7, 11) is 0. The first-order valence-corrected chi connectivity index (χ1v) is 14.7. The van der Waals surface area contributed by atoms with Crippen LogP contribution in [0, 0.1) is 5.82 Å². The van der Waals surface area contributed by atoms with Crippen LogP contribution in [0.5, 0.6) is 11.5 Å². The Morgan fingerprint density at radius 1 is 1.12 bits per heavy atom. The summed E-state index contributed by atoms with van der Waals surface area (Å²) in [5.74, 6) is -0.224. The van der Waals surface area contributed by atoms with Gasteiger partial charge in [0.15, 0.2) is 11.5 Å². The molecular weight excluding hydrogens is 561 g/mol. The minimum Gasteiger partial charge on any atom is -0.478 e. The summed E-state index contributed by atoms with van der Waals surface area (Å²) in [5.41, 5.74) is 3.27. The predicted molar refractivity (Wildman–Crippen MR) is 155 cm³/mol. The van der Waals surface area contributed by atoms with Crippen molar-refractivity contribution in [3.8, 4) is 11.5 Å². The minimum atomic E-state index is -1.28. The third-order valence-electron chi connectivity index (χ3n) is 8.70. The number of nitrogens with zero attached hydrogens (tertiary/aromatic N) is 3. The van der Waals surface area contributed by atoms with Crippen LogP contribution in [0.2, 0.25) is 5.02 Å². The number of imidazole rings is 1. The second kappa shape index (κ2) is 10.6. The molecule has 0 amide bonds. The van der Waals surface area contributed by atoms with Crippen LogP contribution in [-0.4, -0.2) is 51.8 Å². The lowest BCUT2D eigenvalue weighted by atomic mass is 9.88. The van der Waals surface area contributed by atoms with Crippen LogP contribution in [-0.2, 0) is 17.1 Å². The number of likely N-dealkylation sites (tertiary alicyclic amines) is 1. The topological polar surface area (TPSA) is 86.1 Å². The summed E-state index contributed by atoms with van der Waals surface area (Å²) in [6.07, 6.45) is 2.71. The maximum Gasteiger partial charge on any atom is 0.335 e. The highest BCUT2D eigenvalue weighted by Crippen LogP contribution is 2.50. The van der Waals surface area contributed by atoms with Crippen LogP contribution in [0.1, 0.15) is 65.5 Å². The standard InChI is InChI=1S/C32H31ClFN3O5/c1-32(24-7-6-21(33)16-25(24)34)41-28-4-2-3-23(30(28)42-32)19-9-12-36(13-10-19)17-29-35-26-8-5-20(31(38)39)15-27(26)37(29)22-11-14-40-18-22/h2-8,15-16,19,22H,9-14,17-18H2,1H3,(H,38,39). The summed E-state index contributed by atoms with van der Waals surface area (Å²) >= 11 is 5.97. The van der Waals surface area contributed by atoms with Gasteiger partial charge in [-0.3, -0.25) is 4.90 Å². The van der Waals surface area contributed by atoms with Crippen LogP contribution in [0.3, 0.4) is 0 Å². The van der Waals surface area contributed by atoms with Crippen molar-refractivity contribution in [1.82, 2.24) is 14.5 Å². The van der Waals surface area contributed by atoms with Gasteiger partial charge in [-0.05, 0) is 80.7 Å². The number of aromatic carboxylic acids is 1. The summed E-state index contributed by atoms with van der Waals surface area (Å²) in [6, 6.07) is 15.7. The van der Waals surface area contributed by atoms with Gasteiger partial charge in [-0.2, -0.15) is 0 Å². The van der Waals surface area contributed by atoms with Gasteiger partial charge in [-0.25, -0.2) is 14.2 Å². The van der Waals surface area contributed by atoms with E-state index >= 15 is 0 Å². The molecule has 0 aliphatic carbocycles. The Hall–Kier alpha value is -3.66. The first-order chi connectivity index (χ1) is 20.3. The zero-order valence-electron chi connectivity index (χ0n) is 23.2. The molecule has 2 unspecified atom stereocenters. The van der Waals surface area contributed by atoms with Crippen LogP contribution < -0.4 is 9.47 Å². The first kappa shape index (κ1) is 27.2. The van der Waals surface area contributed by atoms with E-state index in [1.807, 2.05) is 12.1 Å². The second-order valence-corrected chi connectivity index (χ2v) is 11.9. The number of aromatic nitrogens is 2. The molecule has 218 valence electrons. The molecule has 10 heteroatoms. The summed E-state index contributed by atoms with van der Waals surface area (Å²) in [4.78, 5) is 19.0. The number of hydrogen-bond acceptors (Lipinski definition) is 6. The molecular formula is C32H31ClFN3O5. The van der Waals surface area contributed by atoms with Gasteiger partial charge in [0.05, 0.1) is 41.4 Å². The molecule has 0 radical (unpaired) electrons. The predicted octanol–water partition coefficient (Wildman–Crippen LogP) is 6.51. The number of rotatable bonds is 6. The Balaban J connectivity index is 1.09. The fraction of sp³-hybridized carbons (Fsp3) is 0.375. The SMILES string of the molecule is CC1(c2ccc(Cl)cc2F)Oc2cccc(C3CCN(Cc4nc5ccc(C(=O)O)cc5n4C4CCOC4)CC3)c2O1. The van der Waals surface area contributed by atoms with E-state index in [0.29, 0.717) is 41.8 Å². The number of carboxylic acids is 1. The molecule has 3 aliphatic rings. The fourth-order valence-electron chi connectivity index (χ4n) is 6.56. The monoisotopic (exact) mass is 591 g/mol. The molecule has 42 heavy (non-hydrogen) atoms. The number of fused-ring (bicyclic) bond motifs is 2. The van der Waals surface area contributed by atoms with Gasteiger partial charge in [0, 0.05) is 24.1 Å². The number of para-hydroxylation sites is 1. The number of hydrogen-bond donors (Lipinski definition) is 1. The molecule has 0 spiro atoms. The number of ether oxygens (including phenoxy) is 3. The van der Waals surface area contributed by atoms with Crippen molar-refractivity contribution in [2.75, 3.05) is 26.3 Å². The lowest BCUT2D eigenvalue weighted by Gasteiger charge is -2.32. The van der Waals surface area contributed by atoms with Crippen molar-refractivity contribution in [2.45, 2.75) is 50.5 Å². The van der Waals surface area contributed by atoms with Crippen molar-refractivity contribution in [2.24, 2.45) is 0 Å². The van der Waals surface area contributed by atoms with Crippen LogP contribution in [0.4, 0.5) is 4.39 Å².